The van der Waals surface area contributed by atoms with Gasteiger partial charge in [-0.05, 0) is 31.5 Å². The van der Waals surface area contributed by atoms with Crippen molar-refractivity contribution in [2.24, 2.45) is 0 Å². The van der Waals surface area contributed by atoms with Gasteiger partial charge in [0.25, 0.3) is 0 Å². The summed E-state index contributed by atoms with van der Waals surface area (Å²) in [5.41, 5.74) is 0.569. The van der Waals surface area contributed by atoms with Gasteiger partial charge in [-0.3, -0.25) is 9.69 Å². The fourth-order valence-electron chi connectivity index (χ4n) is 2.30. The molecule has 0 aliphatic carbocycles. The van der Waals surface area contributed by atoms with Gasteiger partial charge >= 0.3 is 0 Å². The lowest BCUT2D eigenvalue weighted by Gasteiger charge is -2.39. The van der Waals surface area contributed by atoms with Crippen LogP contribution < -0.4 is 0 Å². The topological polar surface area (TPSA) is 29.5 Å². The molecule has 0 radical (unpaired) electrons. The van der Waals surface area contributed by atoms with Gasteiger partial charge in [0, 0.05) is 24.5 Å². The Morgan fingerprint density at radius 2 is 1.84 bits per heavy atom. The predicted molar refractivity (Wildman–Crippen MR) is 76.6 cm³/mol. The molecular formula is C15H20ClNO2. The van der Waals surface area contributed by atoms with E-state index in [9.17, 15) is 4.79 Å². The third-order valence-electron chi connectivity index (χ3n) is 3.76. The highest BCUT2D eigenvalue weighted by atomic mass is 35.5. The van der Waals surface area contributed by atoms with Gasteiger partial charge in [-0.2, -0.15) is 0 Å². The molecule has 0 N–H and O–H groups in total. The van der Waals surface area contributed by atoms with Crippen LogP contribution >= 0.6 is 11.6 Å². The number of hydrogen-bond acceptors (Lipinski definition) is 3. The standard InChI is InChI=1S/C15H20ClNO2/c1-15(2,17-7-9-19-10-8-17)14(18)11-12-3-5-13(16)6-4-12/h3-6H,7-11H2,1-2H3. The molecular weight excluding hydrogens is 262 g/mol. The average molecular weight is 282 g/mol. The van der Waals surface area contributed by atoms with Crippen LogP contribution in [0.4, 0.5) is 0 Å². The Balaban J connectivity index is 2.03. The number of hydrogen-bond donors (Lipinski definition) is 0. The van der Waals surface area contributed by atoms with E-state index >= 15 is 0 Å². The molecule has 104 valence electrons. The summed E-state index contributed by atoms with van der Waals surface area (Å²) in [5.74, 6) is 0.233. The Kier molecular flexibility index (Phi) is 4.61. The van der Waals surface area contributed by atoms with Crippen molar-refractivity contribution >= 4 is 17.4 Å². The molecule has 0 spiro atoms. The van der Waals surface area contributed by atoms with E-state index in [4.69, 9.17) is 16.3 Å². The highest BCUT2D eigenvalue weighted by molar-refractivity contribution is 6.30. The molecule has 1 saturated heterocycles. The van der Waals surface area contributed by atoms with Gasteiger partial charge in [-0.25, -0.2) is 0 Å². The van der Waals surface area contributed by atoms with E-state index in [1.165, 1.54) is 0 Å². The van der Waals surface area contributed by atoms with Crippen LogP contribution in [0.5, 0.6) is 0 Å². The summed E-state index contributed by atoms with van der Waals surface area (Å²) in [6, 6.07) is 7.48. The van der Waals surface area contributed by atoms with Crippen molar-refractivity contribution < 1.29 is 9.53 Å². The van der Waals surface area contributed by atoms with Gasteiger partial charge in [0.15, 0.2) is 5.78 Å². The number of halogens is 1. The van der Waals surface area contributed by atoms with Gasteiger partial charge in [0.05, 0.1) is 18.8 Å². The van der Waals surface area contributed by atoms with Crippen molar-refractivity contribution in [1.82, 2.24) is 4.90 Å². The van der Waals surface area contributed by atoms with E-state index in [0.717, 1.165) is 18.7 Å². The SMILES string of the molecule is CC(C)(C(=O)Cc1ccc(Cl)cc1)N1CCOCC1. The van der Waals surface area contributed by atoms with Crippen molar-refractivity contribution in [3.05, 3.63) is 34.9 Å². The Hall–Kier alpha value is -0.900. The van der Waals surface area contributed by atoms with Crippen LogP contribution in [0.3, 0.4) is 0 Å². The minimum Gasteiger partial charge on any atom is -0.379 e. The molecule has 0 aromatic heterocycles. The summed E-state index contributed by atoms with van der Waals surface area (Å²) in [5, 5.41) is 0.698. The second kappa shape index (κ2) is 6.04. The molecule has 4 heteroatoms. The minimum atomic E-state index is -0.441. The lowest BCUT2D eigenvalue weighted by molar-refractivity contribution is -0.131. The minimum absolute atomic E-state index is 0.233. The highest BCUT2D eigenvalue weighted by Gasteiger charge is 2.34. The molecule has 19 heavy (non-hydrogen) atoms. The van der Waals surface area contributed by atoms with Gasteiger partial charge in [0.2, 0.25) is 0 Å². The highest BCUT2D eigenvalue weighted by Crippen LogP contribution is 2.20. The molecule has 1 aromatic rings. The van der Waals surface area contributed by atoms with Crippen LogP contribution in [0.15, 0.2) is 24.3 Å². The quantitative estimate of drug-likeness (QED) is 0.849. The zero-order chi connectivity index (χ0) is 13.9. The molecule has 0 bridgehead atoms. The Bertz CT molecular complexity index is 436. The van der Waals surface area contributed by atoms with E-state index in [1.807, 2.05) is 38.1 Å². The number of nitrogens with zero attached hydrogens (tertiary/aromatic N) is 1. The Morgan fingerprint density at radius 1 is 1.26 bits per heavy atom. The average Bonchev–Trinajstić information content (AvgIpc) is 2.42. The molecule has 2 rings (SSSR count). The Labute approximate surface area is 119 Å². The van der Waals surface area contributed by atoms with Gasteiger partial charge in [0.1, 0.15) is 0 Å². The maximum Gasteiger partial charge on any atom is 0.156 e. The lowest BCUT2D eigenvalue weighted by atomic mass is 9.91. The number of Topliss-reactive ketones (excluding diaryl/α,β-unsaturated/α-hetero) is 1. The van der Waals surface area contributed by atoms with Crippen LogP contribution in [-0.4, -0.2) is 42.5 Å². The summed E-state index contributed by atoms with van der Waals surface area (Å²) in [6.45, 7) is 7.04. The number of benzene rings is 1. The lowest BCUT2D eigenvalue weighted by Crippen LogP contribution is -2.54. The molecule has 0 saturated carbocycles. The first-order chi connectivity index (χ1) is 9.00. The van der Waals surface area contributed by atoms with Crippen LogP contribution in [0.2, 0.25) is 5.02 Å². The maximum atomic E-state index is 12.5. The van der Waals surface area contributed by atoms with E-state index in [0.29, 0.717) is 24.7 Å². The van der Waals surface area contributed by atoms with Crippen LogP contribution in [-0.2, 0) is 16.0 Å². The van der Waals surface area contributed by atoms with Crippen molar-refractivity contribution in [2.75, 3.05) is 26.3 Å². The fraction of sp³-hybridized carbons (Fsp3) is 0.533. The number of morpholine rings is 1. The zero-order valence-electron chi connectivity index (χ0n) is 11.5. The van der Waals surface area contributed by atoms with Gasteiger partial charge in [-0.1, -0.05) is 23.7 Å². The summed E-state index contributed by atoms with van der Waals surface area (Å²) >= 11 is 5.85. The molecule has 0 amide bonds. The molecule has 0 unspecified atom stereocenters. The monoisotopic (exact) mass is 281 g/mol. The summed E-state index contributed by atoms with van der Waals surface area (Å²) in [6.07, 6.45) is 0.446. The van der Waals surface area contributed by atoms with Crippen LogP contribution in [0, 0.1) is 0 Å². The van der Waals surface area contributed by atoms with Crippen molar-refractivity contribution in [3.63, 3.8) is 0 Å². The third kappa shape index (κ3) is 3.56. The van der Waals surface area contributed by atoms with Crippen molar-refractivity contribution in [3.8, 4) is 0 Å². The molecule has 1 aliphatic heterocycles. The number of ketones is 1. The largest absolute Gasteiger partial charge is 0.379 e. The summed E-state index contributed by atoms with van der Waals surface area (Å²) in [7, 11) is 0. The van der Waals surface area contributed by atoms with E-state index < -0.39 is 5.54 Å². The fourth-order valence-corrected chi connectivity index (χ4v) is 2.43. The molecule has 0 atom stereocenters. The summed E-state index contributed by atoms with van der Waals surface area (Å²) < 4.78 is 5.34. The third-order valence-corrected chi connectivity index (χ3v) is 4.01. The molecule has 1 heterocycles. The second-order valence-corrected chi connectivity index (χ2v) is 5.82. The first kappa shape index (κ1) is 14.5. The van der Waals surface area contributed by atoms with E-state index in [-0.39, 0.29) is 5.78 Å². The Morgan fingerprint density at radius 3 is 2.42 bits per heavy atom. The van der Waals surface area contributed by atoms with E-state index in [2.05, 4.69) is 4.90 Å². The molecule has 1 aliphatic rings. The van der Waals surface area contributed by atoms with Gasteiger partial charge < -0.3 is 4.74 Å². The summed E-state index contributed by atoms with van der Waals surface area (Å²) in [4.78, 5) is 14.7. The van der Waals surface area contributed by atoms with Crippen LogP contribution in [0.25, 0.3) is 0 Å². The molecule has 1 fully saturated rings. The first-order valence-electron chi connectivity index (χ1n) is 6.60. The smallest absolute Gasteiger partial charge is 0.156 e. The number of ether oxygens (including phenoxy) is 1. The van der Waals surface area contributed by atoms with Gasteiger partial charge in [-0.15, -0.1) is 0 Å². The van der Waals surface area contributed by atoms with Crippen molar-refractivity contribution in [2.45, 2.75) is 25.8 Å². The normalized spacial score (nSPS) is 17.4. The zero-order valence-corrected chi connectivity index (χ0v) is 12.2. The maximum absolute atomic E-state index is 12.5. The first-order valence-corrected chi connectivity index (χ1v) is 6.98. The second-order valence-electron chi connectivity index (χ2n) is 5.38. The number of carbonyl (C=O) groups excluding carboxylic acids is 1. The van der Waals surface area contributed by atoms with Crippen molar-refractivity contribution in [1.29, 1.82) is 0 Å². The van der Waals surface area contributed by atoms with E-state index in [1.54, 1.807) is 0 Å². The molecule has 3 nitrogen and oxygen atoms in total. The number of carbonyl (C=O) groups is 1. The predicted octanol–water partition coefficient (Wildman–Crippen LogP) is 2.56. The number of rotatable bonds is 4. The molecule has 1 aromatic carbocycles. The van der Waals surface area contributed by atoms with Crippen LogP contribution in [0.1, 0.15) is 19.4 Å².